The van der Waals surface area contributed by atoms with Gasteiger partial charge >= 0.3 is 5.97 Å². The maximum atomic E-state index is 11.1. The molecule has 0 spiro atoms. The first-order valence-electron chi connectivity index (χ1n) is 6.14. The third kappa shape index (κ3) is 1.86. The zero-order chi connectivity index (χ0) is 12.5. The summed E-state index contributed by atoms with van der Waals surface area (Å²) in [7, 11) is 0. The van der Waals surface area contributed by atoms with Crippen molar-refractivity contribution in [3.8, 4) is 0 Å². The van der Waals surface area contributed by atoms with Crippen molar-refractivity contribution in [2.45, 2.75) is 18.9 Å². The second kappa shape index (κ2) is 4.42. The fourth-order valence-electron chi connectivity index (χ4n) is 2.62. The zero-order valence-corrected chi connectivity index (χ0v) is 9.89. The van der Waals surface area contributed by atoms with E-state index in [4.69, 9.17) is 5.11 Å². The number of H-pyrrole nitrogens is 1. The fraction of sp³-hybridized carbons (Fsp3) is 0.385. The number of nitrogens with zero attached hydrogens (tertiary/aromatic N) is 1. The van der Waals surface area contributed by atoms with Crippen LogP contribution in [0.25, 0.3) is 11.0 Å². The summed E-state index contributed by atoms with van der Waals surface area (Å²) in [5, 5.41) is 12.5. The molecule has 1 aliphatic rings. The maximum absolute atomic E-state index is 11.1. The molecule has 3 N–H and O–H groups in total. The molecule has 1 aliphatic heterocycles. The minimum atomic E-state index is -0.700. The summed E-state index contributed by atoms with van der Waals surface area (Å²) in [5.41, 5.74) is 2.99. The van der Waals surface area contributed by atoms with Crippen LogP contribution >= 0.6 is 0 Å². The van der Waals surface area contributed by atoms with Crippen molar-refractivity contribution in [2.75, 3.05) is 6.54 Å². The van der Waals surface area contributed by atoms with Crippen LogP contribution in [-0.4, -0.2) is 27.6 Å². The molecular formula is C13H15N3O2. The average Bonchev–Trinajstić information content (AvgIpc) is 2.82. The van der Waals surface area contributed by atoms with E-state index in [1.165, 1.54) is 0 Å². The van der Waals surface area contributed by atoms with Gasteiger partial charge in [-0.05, 0) is 31.5 Å². The highest BCUT2D eigenvalue weighted by molar-refractivity contribution is 5.79. The molecule has 1 saturated heterocycles. The molecule has 94 valence electrons. The summed E-state index contributed by atoms with van der Waals surface area (Å²) in [6.07, 6.45) is 5.01. The Morgan fingerprint density at radius 3 is 3.22 bits per heavy atom. The number of carbonyl (C=O) groups is 1. The van der Waals surface area contributed by atoms with E-state index in [0.717, 1.165) is 23.1 Å². The van der Waals surface area contributed by atoms with Crippen molar-refractivity contribution in [3.63, 3.8) is 0 Å². The molecule has 3 heterocycles. The van der Waals surface area contributed by atoms with Gasteiger partial charge in [-0.2, -0.15) is 0 Å². The number of piperidine rings is 1. The molecule has 18 heavy (non-hydrogen) atoms. The number of aliphatic carboxylic acids is 1. The Morgan fingerprint density at radius 2 is 2.39 bits per heavy atom. The molecule has 0 aliphatic carbocycles. The number of aromatic amines is 1. The first kappa shape index (κ1) is 11.2. The Morgan fingerprint density at radius 1 is 1.50 bits per heavy atom. The maximum Gasteiger partial charge on any atom is 0.306 e. The highest BCUT2D eigenvalue weighted by Crippen LogP contribution is 2.30. The van der Waals surface area contributed by atoms with E-state index < -0.39 is 5.97 Å². The molecule has 0 amide bonds. The number of hydrogen-bond donors (Lipinski definition) is 3. The number of carboxylic acids is 1. The molecule has 0 radical (unpaired) electrons. The van der Waals surface area contributed by atoms with E-state index in [1.807, 2.05) is 18.3 Å². The monoisotopic (exact) mass is 245 g/mol. The van der Waals surface area contributed by atoms with Crippen LogP contribution < -0.4 is 5.32 Å². The smallest absolute Gasteiger partial charge is 0.306 e. The standard InChI is InChI=1S/C13H15N3O2/c17-13(18)8-3-5-14-11(6-8)9-7-16-10-2-1-4-15-12(9)10/h1-2,4,7-8,11,14,16H,3,5-6H2,(H,17,18). The molecule has 0 saturated carbocycles. The van der Waals surface area contributed by atoms with Crippen molar-refractivity contribution >= 4 is 17.0 Å². The molecule has 5 heteroatoms. The van der Waals surface area contributed by atoms with Gasteiger partial charge in [0, 0.05) is 24.0 Å². The average molecular weight is 245 g/mol. The number of carboxylic acid groups (broad SMARTS) is 1. The molecule has 0 bridgehead atoms. The van der Waals surface area contributed by atoms with Gasteiger partial charge in [-0.1, -0.05) is 0 Å². The van der Waals surface area contributed by atoms with Crippen LogP contribution in [0.15, 0.2) is 24.5 Å². The Kier molecular flexibility index (Phi) is 2.76. The topological polar surface area (TPSA) is 78.0 Å². The molecule has 5 nitrogen and oxygen atoms in total. The van der Waals surface area contributed by atoms with Gasteiger partial charge in [0.25, 0.3) is 0 Å². The summed E-state index contributed by atoms with van der Waals surface area (Å²) < 4.78 is 0. The van der Waals surface area contributed by atoms with Gasteiger partial charge in [0.05, 0.1) is 17.0 Å². The van der Waals surface area contributed by atoms with E-state index in [2.05, 4.69) is 15.3 Å². The molecule has 2 aromatic rings. The largest absolute Gasteiger partial charge is 0.481 e. The normalized spacial score (nSPS) is 24.2. The highest BCUT2D eigenvalue weighted by Gasteiger charge is 2.28. The summed E-state index contributed by atoms with van der Waals surface area (Å²) >= 11 is 0. The van der Waals surface area contributed by atoms with Crippen LogP contribution in [0, 0.1) is 5.92 Å². The van der Waals surface area contributed by atoms with Gasteiger partial charge in [0.15, 0.2) is 0 Å². The number of fused-ring (bicyclic) bond motifs is 1. The van der Waals surface area contributed by atoms with Crippen LogP contribution in [0.4, 0.5) is 0 Å². The third-order valence-electron chi connectivity index (χ3n) is 3.59. The minimum Gasteiger partial charge on any atom is -0.481 e. The quantitative estimate of drug-likeness (QED) is 0.752. The number of rotatable bonds is 2. The predicted molar refractivity (Wildman–Crippen MR) is 67.2 cm³/mol. The van der Waals surface area contributed by atoms with Crippen molar-refractivity contribution in [2.24, 2.45) is 5.92 Å². The van der Waals surface area contributed by atoms with Crippen LogP contribution in [-0.2, 0) is 4.79 Å². The first-order valence-corrected chi connectivity index (χ1v) is 6.14. The lowest BCUT2D eigenvalue weighted by Gasteiger charge is -2.27. The van der Waals surface area contributed by atoms with Crippen LogP contribution in [0.5, 0.6) is 0 Å². The number of pyridine rings is 1. The van der Waals surface area contributed by atoms with Crippen molar-refractivity contribution in [3.05, 3.63) is 30.1 Å². The Hall–Kier alpha value is -1.88. The Labute approximate surface area is 104 Å². The van der Waals surface area contributed by atoms with Crippen molar-refractivity contribution < 1.29 is 9.90 Å². The molecule has 2 unspecified atom stereocenters. The summed E-state index contributed by atoms with van der Waals surface area (Å²) in [5.74, 6) is -0.959. The number of nitrogens with one attached hydrogen (secondary N) is 2. The molecule has 2 aromatic heterocycles. The lowest BCUT2D eigenvalue weighted by Crippen LogP contribution is -2.34. The summed E-state index contributed by atoms with van der Waals surface area (Å²) in [6.45, 7) is 0.737. The Balaban J connectivity index is 1.92. The molecular weight excluding hydrogens is 230 g/mol. The van der Waals surface area contributed by atoms with Gasteiger partial charge in [-0.15, -0.1) is 0 Å². The van der Waals surface area contributed by atoms with E-state index >= 15 is 0 Å². The SMILES string of the molecule is O=C(O)C1CCNC(c2c[nH]c3cccnc23)C1. The third-order valence-corrected chi connectivity index (χ3v) is 3.59. The fourth-order valence-corrected chi connectivity index (χ4v) is 2.62. The highest BCUT2D eigenvalue weighted by atomic mass is 16.4. The van der Waals surface area contributed by atoms with E-state index in [-0.39, 0.29) is 12.0 Å². The number of hydrogen-bond acceptors (Lipinski definition) is 3. The summed E-state index contributed by atoms with van der Waals surface area (Å²) in [6, 6.07) is 3.93. The van der Waals surface area contributed by atoms with E-state index in [1.54, 1.807) is 6.20 Å². The second-order valence-corrected chi connectivity index (χ2v) is 4.71. The zero-order valence-electron chi connectivity index (χ0n) is 9.89. The van der Waals surface area contributed by atoms with Gasteiger partial charge in [-0.25, -0.2) is 0 Å². The van der Waals surface area contributed by atoms with Crippen LogP contribution in [0.1, 0.15) is 24.4 Å². The lowest BCUT2D eigenvalue weighted by atomic mass is 9.89. The molecule has 0 aromatic carbocycles. The van der Waals surface area contributed by atoms with Crippen LogP contribution in [0.2, 0.25) is 0 Å². The first-order chi connectivity index (χ1) is 8.75. The minimum absolute atomic E-state index is 0.0727. The van der Waals surface area contributed by atoms with Crippen molar-refractivity contribution in [1.82, 2.24) is 15.3 Å². The van der Waals surface area contributed by atoms with Gasteiger partial charge in [-0.3, -0.25) is 9.78 Å². The second-order valence-electron chi connectivity index (χ2n) is 4.71. The van der Waals surface area contributed by atoms with Crippen LogP contribution in [0.3, 0.4) is 0 Å². The lowest BCUT2D eigenvalue weighted by molar-refractivity contribution is -0.143. The molecule has 2 atom stereocenters. The number of aromatic nitrogens is 2. The van der Waals surface area contributed by atoms with E-state index in [0.29, 0.717) is 12.8 Å². The predicted octanol–water partition coefficient (Wildman–Crippen LogP) is 1.69. The molecule has 1 fully saturated rings. The molecule has 3 rings (SSSR count). The van der Waals surface area contributed by atoms with E-state index in [9.17, 15) is 4.79 Å². The Bertz CT molecular complexity index is 578. The van der Waals surface area contributed by atoms with Gasteiger partial charge < -0.3 is 15.4 Å². The van der Waals surface area contributed by atoms with Gasteiger partial charge in [0.1, 0.15) is 0 Å². The summed E-state index contributed by atoms with van der Waals surface area (Å²) in [4.78, 5) is 18.6. The van der Waals surface area contributed by atoms with Gasteiger partial charge in [0.2, 0.25) is 0 Å². The van der Waals surface area contributed by atoms with Crippen molar-refractivity contribution in [1.29, 1.82) is 0 Å².